The summed E-state index contributed by atoms with van der Waals surface area (Å²) in [4.78, 5) is 0. The highest BCUT2D eigenvalue weighted by Gasteiger charge is 2.60. The molecule has 0 N–H and O–H groups in total. The van der Waals surface area contributed by atoms with E-state index in [2.05, 4.69) is 26.1 Å². The summed E-state index contributed by atoms with van der Waals surface area (Å²) in [5, 5.41) is 6.59. The normalized spacial score (nSPS) is 17.3. The maximum Gasteiger partial charge on any atom is 0.407 e. The molecule has 1 fully saturated rings. The second-order valence-corrected chi connectivity index (χ2v) is 4.79. The molecule has 0 spiro atoms. The van der Waals surface area contributed by atoms with E-state index in [1.54, 1.807) is 0 Å². The molecule has 1 heterocycles. The summed E-state index contributed by atoms with van der Waals surface area (Å²) < 4.78 is 77.0. The molecule has 3 nitrogen and oxygen atoms in total. The lowest BCUT2D eigenvalue weighted by molar-refractivity contribution is -0.256. The van der Waals surface area contributed by atoms with Crippen LogP contribution in [0, 0.1) is 0 Å². The van der Waals surface area contributed by atoms with E-state index in [9.17, 15) is 26.3 Å². The third kappa shape index (κ3) is 2.87. The lowest BCUT2D eigenvalue weighted by atomic mass is 10.1. The summed E-state index contributed by atoms with van der Waals surface area (Å²) in [6.07, 6.45) is -9.82. The van der Waals surface area contributed by atoms with Crippen molar-refractivity contribution < 1.29 is 26.3 Å². The second-order valence-electron chi connectivity index (χ2n) is 4.23. The van der Waals surface area contributed by atoms with Crippen molar-refractivity contribution in [2.24, 2.45) is 0 Å². The van der Waals surface area contributed by atoms with Gasteiger partial charge in [-0.25, -0.2) is 0 Å². The molecule has 0 saturated heterocycles. The Morgan fingerprint density at radius 2 is 1.63 bits per heavy atom. The zero-order valence-electron chi connectivity index (χ0n) is 9.26. The smallest absolute Gasteiger partial charge is 0.310 e. The molecule has 0 unspecified atom stereocenters. The average molecular weight is 352 g/mol. The fourth-order valence-corrected chi connectivity index (χ4v) is 2.22. The van der Waals surface area contributed by atoms with Crippen LogP contribution in [0.1, 0.15) is 36.5 Å². The van der Waals surface area contributed by atoms with Crippen LogP contribution in [0.4, 0.5) is 26.3 Å². The minimum absolute atomic E-state index is 0.0545. The number of halogens is 7. The van der Waals surface area contributed by atoms with Crippen molar-refractivity contribution >= 4 is 15.9 Å². The van der Waals surface area contributed by atoms with Crippen LogP contribution in [-0.4, -0.2) is 27.1 Å². The van der Waals surface area contributed by atoms with Crippen LogP contribution >= 0.6 is 15.9 Å². The fraction of sp³-hybridized carbons (Fsp3) is 0.778. The van der Waals surface area contributed by atoms with Crippen LogP contribution in [0.15, 0.2) is 0 Å². The van der Waals surface area contributed by atoms with Crippen molar-refractivity contribution in [1.82, 2.24) is 14.8 Å². The number of rotatable bonds is 3. The van der Waals surface area contributed by atoms with Crippen molar-refractivity contribution in [2.45, 2.75) is 42.5 Å². The van der Waals surface area contributed by atoms with Crippen molar-refractivity contribution in [3.05, 3.63) is 11.6 Å². The van der Waals surface area contributed by atoms with Gasteiger partial charge in [-0.2, -0.15) is 26.3 Å². The Kier molecular flexibility index (Phi) is 3.56. The van der Waals surface area contributed by atoms with Gasteiger partial charge in [-0.05, 0) is 12.8 Å². The Balaban J connectivity index is 2.51. The van der Waals surface area contributed by atoms with Gasteiger partial charge >= 0.3 is 12.4 Å². The molecule has 0 aliphatic heterocycles. The first-order chi connectivity index (χ1) is 8.66. The lowest BCUT2D eigenvalue weighted by Crippen LogP contribution is -2.36. The van der Waals surface area contributed by atoms with Crippen molar-refractivity contribution in [3.8, 4) is 0 Å². The minimum atomic E-state index is -5.44. The molecule has 0 aromatic carbocycles. The molecule has 19 heavy (non-hydrogen) atoms. The van der Waals surface area contributed by atoms with E-state index >= 15 is 0 Å². The molecule has 1 saturated carbocycles. The Morgan fingerprint density at radius 1 is 1.11 bits per heavy atom. The minimum Gasteiger partial charge on any atom is -0.310 e. The molecule has 0 atom stereocenters. The third-order valence-corrected chi connectivity index (χ3v) is 3.24. The lowest BCUT2D eigenvalue weighted by Gasteiger charge is -2.23. The van der Waals surface area contributed by atoms with Crippen molar-refractivity contribution in [1.29, 1.82) is 0 Å². The molecule has 10 heteroatoms. The van der Waals surface area contributed by atoms with Gasteiger partial charge in [0.1, 0.15) is 5.82 Å². The predicted octanol–water partition coefficient (Wildman–Crippen LogP) is 3.72. The molecule has 108 valence electrons. The van der Waals surface area contributed by atoms with Gasteiger partial charge in [0.2, 0.25) is 5.92 Å². The molecular formula is C9H8BrF6N3. The van der Waals surface area contributed by atoms with E-state index in [0.29, 0.717) is 12.8 Å². The summed E-state index contributed by atoms with van der Waals surface area (Å²) in [5.41, 5.74) is 0. The highest BCUT2D eigenvalue weighted by Crippen LogP contribution is 2.48. The maximum atomic E-state index is 12.7. The first-order valence-corrected chi connectivity index (χ1v) is 6.41. The molecule has 0 radical (unpaired) electrons. The van der Waals surface area contributed by atoms with Crippen LogP contribution in [0.3, 0.4) is 0 Å². The zero-order valence-corrected chi connectivity index (χ0v) is 10.8. The summed E-state index contributed by atoms with van der Waals surface area (Å²) >= 11 is 2.98. The third-order valence-electron chi connectivity index (χ3n) is 2.74. The van der Waals surface area contributed by atoms with Crippen LogP contribution in [0.25, 0.3) is 0 Å². The van der Waals surface area contributed by atoms with Crippen LogP contribution in [0.5, 0.6) is 0 Å². The number of nitrogens with zero attached hydrogens (tertiary/aromatic N) is 3. The predicted molar refractivity (Wildman–Crippen MR) is 55.8 cm³/mol. The van der Waals surface area contributed by atoms with E-state index in [0.717, 1.165) is 4.57 Å². The largest absolute Gasteiger partial charge is 0.407 e. The molecule has 2 rings (SSSR count). The standard InChI is InChI=1S/C9H8BrF6N3/c10-3-5-17-18-7(19(5)4-1-2-4)6(8(11,12)13)9(14,15)16/h4,6H,1-3H2. The van der Waals surface area contributed by atoms with E-state index in [-0.39, 0.29) is 17.2 Å². The second kappa shape index (κ2) is 4.64. The van der Waals surface area contributed by atoms with Crippen molar-refractivity contribution in [2.75, 3.05) is 0 Å². The Bertz CT molecular complexity index is 448. The summed E-state index contributed by atoms with van der Waals surface area (Å²) in [6.45, 7) is 0. The SMILES string of the molecule is FC(F)(F)C(c1nnc(CBr)n1C1CC1)C(F)(F)F. The van der Waals surface area contributed by atoms with Gasteiger partial charge in [0.05, 0.1) is 5.33 Å². The van der Waals surface area contributed by atoms with Gasteiger partial charge in [0.25, 0.3) is 0 Å². The molecule has 1 aromatic heterocycles. The number of hydrogen-bond acceptors (Lipinski definition) is 2. The molecule has 1 aliphatic carbocycles. The van der Waals surface area contributed by atoms with E-state index in [1.807, 2.05) is 0 Å². The summed E-state index contributed by atoms with van der Waals surface area (Å²) in [5.74, 6) is -4.59. The van der Waals surface area contributed by atoms with Crippen molar-refractivity contribution in [3.63, 3.8) is 0 Å². The number of hydrogen-bond donors (Lipinski definition) is 0. The van der Waals surface area contributed by atoms with Gasteiger partial charge in [0.15, 0.2) is 5.82 Å². The van der Waals surface area contributed by atoms with Gasteiger partial charge in [0, 0.05) is 6.04 Å². The molecule has 0 amide bonds. The summed E-state index contributed by atoms with van der Waals surface area (Å²) in [7, 11) is 0. The zero-order chi connectivity index (χ0) is 14.4. The Morgan fingerprint density at radius 3 is 2.00 bits per heavy atom. The van der Waals surface area contributed by atoms with Gasteiger partial charge in [-0.1, -0.05) is 15.9 Å². The van der Waals surface area contributed by atoms with Crippen LogP contribution < -0.4 is 0 Å². The van der Waals surface area contributed by atoms with Gasteiger partial charge in [-0.15, -0.1) is 10.2 Å². The number of alkyl halides is 7. The molecule has 0 bridgehead atoms. The highest BCUT2D eigenvalue weighted by atomic mass is 79.9. The van der Waals surface area contributed by atoms with Gasteiger partial charge < -0.3 is 4.57 Å². The first kappa shape index (κ1) is 14.6. The first-order valence-electron chi connectivity index (χ1n) is 5.29. The number of aromatic nitrogens is 3. The van der Waals surface area contributed by atoms with Crippen LogP contribution in [0.2, 0.25) is 0 Å². The van der Waals surface area contributed by atoms with Gasteiger partial charge in [-0.3, -0.25) is 0 Å². The topological polar surface area (TPSA) is 30.7 Å². The van der Waals surface area contributed by atoms with Crippen LogP contribution in [-0.2, 0) is 5.33 Å². The van der Waals surface area contributed by atoms with E-state index < -0.39 is 24.1 Å². The maximum absolute atomic E-state index is 12.7. The molecule has 1 aliphatic rings. The molecular weight excluding hydrogens is 344 g/mol. The monoisotopic (exact) mass is 351 g/mol. The Labute approximate surface area is 112 Å². The summed E-state index contributed by atoms with van der Waals surface area (Å²) in [6, 6.07) is -0.371. The highest BCUT2D eigenvalue weighted by molar-refractivity contribution is 9.08. The molecule has 1 aromatic rings. The van der Waals surface area contributed by atoms with E-state index in [4.69, 9.17) is 0 Å². The average Bonchev–Trinajstić information content (AvgIpc) is 2.97. The fourth-order valence-electron chi connectivity index (χ4n) is 1.83. The Hall–Kier alpha value is -0.800. The van der Waals surface area contributed by atoms with E-state index in [1.165, 1.54) is 0 Å². The quantitative estimate of drug-likeness (QED) is 0.613.